The van der Waals surface area contributed by atoms with Crippen molar-refractivity contribution in [3.05, 3.63) is 51.6 Å². The quantitative estimate of drug-likeness (QED) is 0.671. The third kappa shape index (κ3) is 3.78. The molecule has 1 saturated heterocycles. The minimum atomic E-state index is -0.260. The number of hydrogen-bond donors (Lipinski definition) is 1. The highest BCUT2D eigenvalue weighted by Gasteiger charge is 2.34. The Kier molecular flexibility index (Phi) is 5.73. The number of hydrogen-bond acceptors (Lipinski definition) is 5. The van der Waals surface area contributed by atoms with Crippen LogP contribution in [0.1, 0.15) is 76.4 Å². The molecular formula is C23H32N6O. The molecule has 7 nitrogen and oxygen atoms in total. The number of benzene rings is 1. The zero-order valence-corrected chi connectivity index (χ0v) is 18.5. The molecule has 1 aromatic carbocycles. The van der Waals surface area contributed by atoms with E-state index >= 15 is 0 Å². The standard InChI is InChI=1S/C23H32N6O/c1-5-16-10-11-19-17(14-16)15-18(22(30)24-19)20(28-12-8-7-9-13-28)21-25-26-27-29(21)23(3,4)6-2/h10-11,14-15,20H,5-9,12-13H2,1-4H3,(H,24,30). The lowest BCUT2D eigenvalue weighted by molar-refractivity contribution is 0.167. The fourth-order valence-electron chi connectivity index (χ4n) is 4.32. The highest BCUT2D eigenvalue weighted by molar-refractivity contribution is 5.80. The molecule has 4 rings (SSSR count). The Bertz CT molecular complexity index is 1080. The summed E-state index contributed by atoms with van der Waals surface area (Å²) in [4.78, 5) is 18.7. The summed E-state index contributed by atoms with van der Waals surface area (Å²) in [6.07, 6.45) is 5.33. The molecule has 3 aromatic rings. The number of nitrogens with zero attached hydrogens (tertiary/aromatic N) is 5. The summed E-state index contributed by atoms with van der Waals surface area (Å²) >= 11 is 0. The summed E-state index contributed by atoms with van der Waals surface area (Å²) in [5.41, 5.74) is 2.55. The van der Waals surface area contributed by atoms with Gasteiger partial charge in [0.25, 0.3) is 5.56 Å². The molecule has 1 aliphatic heterocycles. The van der Waals surface area contributed by atoms with Gasteiger partial charge in [-0.25, -0.2) is 4.68 Å². The van der Waals surface area contributed by atoms with E-state index in [0.717, 1.165) is 61.1 Å². The number of piperidine rings is 1. The van der Waals surface area contributed by atoms with Gasteiger partial charge >= 0.3 is 0 Å². The summed E-state index contributed by atoms with van der Waals surface area (Å²) in [5.74, 6) is 0.750. The Hall–Kier alpha value is -2.54. The maximum Gasteiger partial charge on any atom is 0.253 e. The second-order valence-corrected chi connectivity index (χ2v) is 8.94. The van der Waals surface area contributed by atoms with Crippen molar-refractivity contribution in [2.75, 3.05) is 13.1 Å². The number of tetrazole rings is 1. The van der Waals surface area contributed by atoms with Gasteiger partial charge in [0.1, 0.15) is 6.04 Å². The molecule has 0 spiro atoms. The molecule has 1 atom stereocenters. The van der Waals surface area contributed by atoms with Gasteiger partial charge in [-0.3, -0.25) is 9.69 Å². The van der Waals surface area contributed by atoms with Gasteiger partial charge in [-0.15, -0.1) is 5.10 Å². The Morgan fingerprint density at radius 2 is 1.90 bits per heavy atom. The monoisotopic (exact) mass is 408 g/mol. The lowest BCUT2D eigenvalue weighted by Gasteiger charge is -2.35. The molecule has 1 N–H and O–H groups in total. The summed E-state index contributed by atoms with van der Waals surface area (Å²) in [6, 6.07) is 8.03. The predicted molar refractivity (Wildman–Crippen MR) is 119 cm³/mol. The SMILES string of the molecule is CCc1ccc2[nH]c(=O)c(C(c3nnnn3C(C)(C)CC)N3CCCCC3)cc2c1. The van der Waals surface area contributed by atoms with E-state index in [2.05, 4.69) is 65.2 Å². The largest absolute Gasteiger partial charge is 0.322 e. The lowest BCUT2D eigenvalue weighted by Crippen LogP contribution is -2.40. The van der Waals surface area contributed by atoms with Gasteiger partial charge in [0.05, 0.1) is 5.54 Å². The van der Waals surface area contributed by atoms with Crippen LogP contribution >= 0.6 is 0 Å². The number of aromatic nitrogens is 5. The van der Waals surface area contributed by atoms with Gasteiger partial charge in [-0.1, -0.05) is 26.3 Å². The molecule has 7 heteroatoms. The second-order valence-electron chi connectivity index (χ2n) is 8.94. The third-order valence-electron chi connectivity index (χ3n) is 6.57. The smallest absolute Gasteiger partial charge is 0.253 e. The molecule has 160 valence electrons. The van der Waals surface area contributed by atoms with Crippen LogP contribution in [0, 0.1) is 0 Å². The van der Waals surface area contributed by atoms with Gasteiger partial charge in [0, 0.05) is 11.1 Å². The van der Waals surface area contributed by atoms with Crippen LogP contribution in [0.2, 0.25) is 0 Å². The predicted octanol–water partition coefficient (Wildman–Crippen LogP) is 3.80. The Balaban J connectivity index is 1.90. The van der Waals surface area contributed by atoms with Gasteiger partial charge in [0.15, 0.2) is 5.82 Å². The molecule has 0 amide bonds. The summed E-state index contributed by atoms with van der Waals surface area (Å²) in [6.45, 7) is 10.4. The van der Waals surface area contributed by atoms with Gasteiger partial charge in [-0.2, -0.15) is 0 Å². The number of pyridine rings is 1. The van der Waals surface area contributed by atoms with Crippen molar-refractivity contribution < 1.29 is 0 Å². The van der Waals surface area contributed by atoms with E-state index in [1.54, 1.807) is 0 Å². The molecule has 3 heterocycles. The highest BCUT2D eigenvalue weighted by Crippen LogP contribution is 2.32. The molecule has 1 unspecified atom stereocenters. The normalized spacial score (nSPS) is 16.8. The number of likely N-dealkylation sites (tertiary alicyclic amines) is 1. The van der Waals surface area contributed by atoms with Gasteiger partial charge < -0.3 is 4.98 Å². The number of fused-ring (bicyclic) bond motifs is 1. The first kappa shape index (κ1) is 20.7. The number of rotatable bonds is 6. The molecule has 2 aromatic heterocycles. The molecule has 1 aliphatic rings. The average Bonchev–Trinajstić information content (AvgIpc) is 3.25. The van der Waals surface area contributed by atoms with Crippen molar-refractivity contribution in [1.29, 1.82) is 0 Å². The average molecular weight is 409 g/mol. The number of aromatic amines is 1. The molecular weight excluding hydrogens is 376 g/mol. The Labute approximate surface area is 177 Å². The van der Waals surface area contributed by atoms with Crippen LogP contribution in [-0.2, 0) is 12.0 Å². The van der Waals surface area contributed by atoms with Crippen molar-refractivity contribution >= 4 is 10.9 Å². The molecule has 0 saturated carbocycles. The molecule has 0 bridgehead atoms. The van der Waals surface area contributed by atoms with Crippen LogP contribution < -0.4 is 5.56 Å². The minimum Gasteiger partial charge on any atom is -0.322 e. The van der Waals surface area contributed by atoms with E-state index in [4.69, 9.17) is 0 Å². The molecule has 30 heavy (non-hydrogen) atoms. The van der Waals surface area contributed by atoms with Crippen LogP contribution in [0.4, 0.5) is 0 Å². The fraction of sp³-hybridized carbons (Fsp3) is 0.565. The zero-order chi connectivity index (χ0) is 21.3. The maximum atomic E-state index is 13.2. The zero-order valence-electron chi connectivity index (χ0n) is 18.5. The Morgan fingerprint density at radius 1 is 1.13 bits per heavy atom. The van der Waals surface area contributed by atoms with Crippen LogP contribution in [0.3, 0.4) is 0 Å². The van der Waals surface area contributed by atoms with E-state index in [0.29, 0.717) is 0 Å². The first-order valence-corrected chi connectivity index (χ1v) is 11.1. The fourth-order valence-corrected chi connectivity index (χ4v) is 4.32. The van der Waals surface area contributed by atoms with E-state index in [1.807, 2.05) is 16.8 Å². The lowest BCUT2D eigenvalue weighted by atomic mass is 9.97. The van der Waals surface area contributed by atoms with Gasteiger partial charge in [0.2, 0.25) is 0 Å². The molecule has 0 aliphatic carbocycles. The highest BCUT2D eigenvalue weighted by atomic mass is 16.1. The minimum absolute atomic E-state index is 0.0637. The summed E-state index contributed by atoms with van der Waals surface area (Å²) in [7, 11) is 0. The third-order valence-corrected chi connectivity index (χ3v) is 6.57. The molecule has 0 radical (unpaired) electrons. The van der Waals surface area contributed by atoms with Crippen molar-refractivity contribution in [2.24, 2.45) is 0 Å². The van der Waals surface area contributed by atoms with Crippen molar-refractivity contribution in [2.45, 2.75) is 71.4 Å². The van der Waals surface area contributed by atoms with Crippen LogP contribution in [-0.4, -0.2) is 43.2 Å². The second kappa shape index (κ2) is 8.30. The topological polar surface area (TPSA) is 79.7 Å². The Morgan fingerprint density at radius 3 is 2.60 bits per heavy atom. The first-order chi connectivity index (χ1) is 14.4. The number of nitrogens with one attached hydrogen (secondary N) is 1. The van der Waals surface area contributed by atoms with Crippen LogP contribution in [0.25, 0.3) is 10.9 Å². The maximum absolute atomic E-state index is 13.2. The van der Waals surface area contributed by atoms with Crippen molar-refractivity contribution in [3.8, 4) is 0 Å². The van der Waals surface area contributed by atoms with E-state index < -0.39 is 0 Å². The van der Waals surface area contributed by atoms with Crippen LogP contribution in [0.15, 0.2) is 29.1 Å². The van der Waals surface area contributed by atoms with Crippen molar-refractivity contribution in [1.82, 2.24) is 30.1 Å². The van der Waals surface area contributed by atoms with E-state index in [1.165, 1.54) is 12.0 Å². The van der Waals surface area contributed by atoms with E-state index in [9.17, 15) is 4.79 Å². The number of aryl methyl sites for hydroxylation is 1. The summed E-state index contributed by atoms with van der Waals surface area (Å²) < 4.78 is 1.92. The van der Waals surface area contributed by atoms with Gasteiger partial charge in [-0.05, 0) is 92.2 Å². The molecule has 1 fully saturated rings. The number of H-pyrrole nitrogens is 1. The summed E-state index contributed by atoms with van der Waals surface area (Å²) in [5, 5.41) is 13.9. The first-order valence-electron chi connectivity index (χ1n) is 11.1. The van der Waals surface area contributed by atoms with Crippen LogP contribution in [0.5, 0.6) is 0 Å². The van der Waals surface area contributed by atoms with E-state index in [-0.39, 0.29) is 17.1 Å². The van der Waals surface area contributed by atoms with Crippen molar-refractivity contribution in [3.63, 3.8) is 0 Å².